The SMILES string of the molecule is CC(C)(C)c1cc(/C=C2/C(=O)N(C(N)=O)c3ccccc32)cc(C(C)(C)C)c1O. The van der Waals surface area contributed by atoms with Crippen molar-refractivity contribution in [3.8, 4) is 5.75 Å². The van der Waals surface area contributed by atoms with Crippen molar-refractivity contribution < 1.29 is 14.7 Å². The number of phenols is 1. The van der Waals surface area contributed by atoms with Crippen LogP contribution < -0.4 is 10.6 Å². The van der Waals surface area contributed by atoms with Gasteiger partial charge in [-0.05, 0) is 40.7 Å². The first-order valence-electron chi connectivity index (χ1n) is 9.65. The molecule has 0 unspecified atom stereocenters. The molecule has 1 aliphatic rings. The van der Waals surface area contributed by atoms with Crippen LogP contribution in [0.3, 0.4) is 0 Å². The molecule has 1 aliphatic heterocycles. The van der Waals surface area contributed by atoms with Crippen LogP contribution in [0.1, 0.15) is 63.8 Å². The Balaban J connectivity index is 2.26. The molecule has 3 amide bonds. The largest absolute Gasteiger partial charge is 0.507 e. The van der Waals surface area contributed by atoms with Crippen LogP contribution in [-0.2, 0) is 15.6 Å². The number of carbonyl (C=O) groups excluding carboxylic acids is 2. The van der Waals surface area contributed by atoms with E-state index in [1.54, 1.807) is 24.3 Å². The lowest BCUT2D eigenvalue weighted by Crippen LogP contribution is -2.37. The van der Waals surface area contributed by atoms with Crippen LogP contribution in [0, 0.1) is 0 Å². The van der Waals surface area contributed by atoms with Crippen molar-refractivity contribution >= 4 is 29.3 Å². The molecule has 3 rings (SSSR count). The summed E-state index contributed by atoms with van der Waals surface area (Å²) in [7, 11) is 0. The number of amides is 3. The number of anilines is 1. The number of nitrogens with zero attached hydrogens (tertiary/aromatic N) is 1. The second kappa shape index (κ2) is 6.76. The molecule has 0 radical (unpaired) electrons. The predicted molar refractivity (Wildman–Crippen MR) is 117 cm³/mol. The van der Waals surface area contributed by atoms with Gasteiger partial charge in [-0.2, -0.15) is 0 Å². The van der Waals surface area contributed by atoms with E-state index >= 15 is 0 Å². The van der Waals surface area contributed by atoms with Crippen LogP contribution in [-0.4, -0.2) is 17.0 Å². The number of urea groups is 1. The molecular weight excluding hydrogens is 364 g/mol. The van der Waals surface area contributed by atoms with Gasteiger partial charge in [-0.25, -0.2) is 9.69 Å². The fraction of sp³-hybridized carbons (Fsp3) is 0.333. The highest BCUT2D eigenvalue weighted by Gasteiger charge is 2.35. The molecule has 2 aromatic carbocycles. The van der Waals surface area contributed by atoms with Crippen LogP contribution in [0.4, 0.5) is 10.5 Å². The summed E-state index contributed by atoms with van der Waals surface area (Å²) in [5, 5.41) is 10.9. The monoisotopic (exact) mass is 392 g/mol. The summed E-state index contributed by atoms with van der Waals surface area (Å²) in [5.41, 5.74) is 8.85. The minimum absolute atomic E-state index is 0.282. The van der Waals surface area contributed by atoms with E-state index in [9.17, 15) is 14.7 Å². The smallest absolute Gasteiger partial charge is 0.326 e. The highest BCUT2D eigenvalue weighted by atomic mass is 16.3. The zero-order chi connectivity index (χ0) is 21.7. The highest BCUT2D eigenvalue weighted by Crippen LogP contribution is 2.42. The standard InChI is InChI=1S/C24H28N2O3/c1-23(2,3)17-12-14(13-18(20(17)27)24(4,5)6)11-16-15-9-7-8-10-19(15)26(21(16)28)22(25)29/h7-13,27H,1-6H3,(H2,25,29)/b16-11+. The van der Waals surface area contributed by atoms with Crippen molar-refractivity contribution in [1.29, 1.82) is 0 Å². The van der Waals surface area contributed by atoms with Crippen LogP contribution in [0.2, 0.25) is 0 Å². The molecule has 5 nitrogen and oxygen atoms in total. The number of primary amides is 1. The summed E-state index contributed by atoms with van der Waals surface area (Å²) < 4.78 is 0. The molecule has 0 aromatic heterocycles. The molecule has 5 heteroatoms. The number of phenolic OH excluding ortho intramolecular Hbond substituents is 1. The van der Waals surface area contributed by atoms with Crippen LogP contribution >= 0.6 is 0 Å². The Morgan fingerprint density at radius 3 is 2.00 bits per heavy atom. The number of rotatable bonds is 1. The van der Waals surface area contributed by atoms with E-state index in [-0.39, 0.29) is 16.6 Å². The Bertz CT molecular complexity index is 1000. The number of hydrogen-bond acceptors (Lipinski definition) is 3. The number of imide groups is 1. The molecule has 0 spiro atoms. The minimum Gasteiger partial charge on any atom is -0.507 e. The number of para-hydroxylation sites is 1. The topological polar surface area (TPSA) is 83.6 Å². The molecule has 0 fully saturated rings. The summed E-state index contributed by atoms with van der Waals surface area (Å²) in [6.07, 6.45) is 1.77. The number of hydrogen-bond donors (Lipinski definition) is 2. The number of aromatic hydroxyl groups is 1. The summed E-state index contributed by atoms with van der Waals surface area (Å²) in [4.78, 5) is 25.8. The third-order valence-electron chi connectivity index (χ3n) is 5.15. The van der Waals surface area contributed by atoms with Crippen molar-refractivity contribution in [1.82, 2.24) is 0 Å². The van der Waals surface area contributed by atoms with E-state index in [4.69, 9.17) is 5.73 Å². The van der Waals surface area contributed by atoms with Crippen molar-refractivity contribution in [3.05, 3.63) is 58.7 Å². The summed E-state index contributed by atoms with van der Waals surface area (Å²) >= 11 is 0. The first kappa shape index (κ1) is 20.6. The van der Waals surface area contributed by atoms with Gasteiger partial charge >= 0.3 is 6.03 Å². The molecule has 0 aliphatic carbocycles. The van der Waals surface area contributed by atoms with E-state index in [1.165, 1.54) is 0 Å². The molecule has 1 heterocycles. The van der Waals surface area contributed by atoms with Gasteiger partial charge in [0.15, 0.2) is 0 Å². The normalized spacial score (nSPS) is 15.7. The zero-order valence-electron chi connectivity index (χ0n) is 17.8. The van der Waals surface area contributed by atoms with Gasteiger partial charge in [-0.15, -0.1) is 0 Å². The van der Waals surface area contributed by atoms with E-state index in [1.807, 2.05) is 59.7 Å². The Morgan fingerprint density at radius 1 is 1.00 bits per heavy atom. The van der Waals surface area contributed by atoms with Crippen LogP contribution in [0.5, 0.6) is 5.75 Å². The number of benzene rings is 2. The van der Waals surface area contributed by atoms with E-state index in [2.05, 4.69) is 0 Å². The second-order valence-electron chi connectivity index (χ2n) is 9.52. The molecule has 29 heavy (non-hydrogen) atoms. The Labute approximate surface area is 171 Å². The van der Waals surface area contributed by atoms with Crippen LogP contribution in [0.15, 0.2) is 36.4 Å². The molecule has 2 aromatic rings. The molecule has 0 saturated heterocycles. The van der Waals surface area contributed by atoms with Gasteiger partial charge in [0.1, 0.15) is 5.75 Å². The molecule has 0 saturated carbocycles. The molecular formula is C24H28N2O3. The lowest BCUT2D eigenvalue weighted by molar-refractivity contribution is -0.112. The third kappa shape index (κ3) is 3.65. The third-order valence-corrected chi connectivity index (χ3v) is 5.15. The van der Waals surface area contributed by atoms with Gasteiger partial charge in [0, 0.05) is 16.7 Å². The summed E-state index contributed by atoms with van der Waals surface area (Å²) in [6.45, 7) is 12.2. The minimum atomic E-state index is -0.803. The quantitative estimate of drug-likeness (QED) is 0.673. The Kier molecular flexibility index (Phi) is 4.81. The van der Waals surface area contributed by atoms with Gasteiger partial charge in [-0.3, -0.25) is 4.79 Å². The van der Waals surface area contributed by atoms with Gasteiger partial charge in [0.2, 0.25) is 0 Å². The number of nitrogens with two attached hydrogens (primary N) is 1. The number of fused-ring (bicyclic) bond motifs is 1. The summed E-state index contributed by atoms with van der Waals surface area (Å²) in [5.74, 6) is -0.162. The predicted octanol–water partition coefficient (Wildman–Crippen LogP) is 4.95. The first-order valence-corrected chi connectivity index (χ1v) is 9.65. The van der Waals surface area contributed by atoms with Crippen molar-refractivity contribution in [2.24, 2.45) is 5.73 Å². The Morgan fingerprint density at radius 2 is 1.52 bits per heavy atom. The average molecular weight is 392 g/mol. The Hall–Kier alpha value is -3.08. The maximum absolute atomic E-state index is 12.9. The molecule has 3 N–H and O–H groups in total. The van der Waals surface area contributed by atoms with E-state index in [0.29, 0.717) is 16.8 Å². The molecule has 152 valence electrons. The maximum Gasteiger partial charge on any atom is 0.326 e. The molecule has 0 bridgehead atoms. The lowest BCUT2D eigenvalue weighted by atomic mass is 9.78. The maximum atomic E-state index is 12.9. The van der Waals surface area contributed by atoms with Gasteiger partial charge in [-0.1, -0.05) is 59.7 Å². The van der Waals surface area contributed by atoms with Gasteiger partial charge in [0.05, 0.1) is 11.3 Å². The van der Waals surface area contributed by atoms with E-state index < -0.39 is 11.9 Å². The fourth-order valence-electron chi connectivity index (χ4n) is 3.65. The first-order chi connectivity index (χ1) is 13.3. The highest BCUT2D eigenvalue weighted by molar-refractivity contribution is 6.41. The van der Waals surface area contributed by atoms with Crippen molar-refractivity contribution in [3.63, 3.8) is 0 Å². The van der Waals surface area contributed by atoms with Gasteiger partial charge < -0.3 is 10.8 Å². The van der Waals surface area contributed by atoms with E-state index in [0.717, 1.165) is 21.6 Å². The van der Waals surface area contributed by atoms with Crippen molar-refractivity contribution in [2.75, 3.05) is 4.90 Å². The van der Waals surface area contributed by atoms with Crippen molar-refractivity contribution in [2.45, 2.75) is 52.4 Å². The summed E-state index contributed by atoms with van der Waals surface area (Å²) in [6, 6.07) is 10.1. The lowest BCUT2D eigenvalue weighted by Gasteiger charge is -2.28. The fourth-order valence-corrected chi connectivity index (χ4v) is 3.65. The average Bonchev–Trinajstić information content (AvgIpc) is 2.86. The zero-order valence-corrected chi connectivity index (χ0v) is 17.8. The van der Waals surface area contributed by atoms with Gasteiger partial charge in [0.25, 0.3) is 5.91 Å². The number of carbonyl (C=O) groups is 2. The van der Waals surface area contributed by atoms with Crippen LogP contribution in [0.25, 0.3) is 11.6 Å². The second-order valence-corrected chi connectivity index (χ2v) is 9.52. The molecule has 0 atom stereocenters.